The van der Waals surface area contributed by atoms with Crippen LogP contribution in [-0.2, 0) is 4.74 Å². The summed E-state index contributed by atoms with van der Waals surface area (Å²) in [6.07, 6.45) is 2.78. The summed E-state index contributed by atoms with van der Waals surface area (Å²) in [6.45, 7) is 2.32. The first-order valence-electron chi connectivity index (χ1n) is 4.60. The molecular weight excluding hydrogens is 197 g/mol. The second kappa shape index (κ2) is 5.70. The van der Waals surface area contributed by atoms with E-state index in [1.807, 2.05) is 6.92 Å². The van der Waals surface area contributed by atoms with Crippen LogP contribution in [-0.4, -0.2) is 42.0 Å². The standard InChI is InChI=1S/C9H14BNO4/c1-7(6-14-2)15-9-3-8(10(12)13)4-11-5-9/h3-5,7,12-13H,6H2,1-2H3/t7-/m0/s1. The maximum absolute atomic E-state index is 8.92. The van der Waals surface area contributed by atoms with Crippen LogP contribution < -0.4 is 10.2 Å². The monoisotopic (exact) mass is 211 g/mol. The fraction of sp³-hybridized carbons (Fsp3) is 0.444. The summed E-state index contributed by atoms with van der Waals surface area (Å²) in [5, 5.41) is 17.8. The van der Waals surface area contributed by atoms with Gasteiger partial charge in [0.2, 0.25) is 0 Å². The van der Waals surface area contributed by atoms with Gasteiger partial charge in [-0.25, -0.2) is 0 Å². The first-order chi connectivity index (χ1) is 7.13. The summed E-state index contributed by atoms with van der Waals surface area (Å²) < 4.78 is 10.3. The van der Waals surface area contributed by atoms with Gasteiger partial charge < -0.3 is 19.5 Å². The Morgan fingerprint density at radius 1 is 1.47 bits per heavy atom. The van der Waals surface area contributed by atoms with Crippen molar-refractivity contribution < 1.29 is 19.5 Å². The number of aromatic nitrogens is 1. The zero-order chi connectivity index (χ0) is 11.3. The van der Waals surface area contributed by atoms with E-state index in [1.54, 1.807) is 7.11 Å². The molecule has 1 aromatic heterocycles. The minimum atomic E-state index is -1.53. The zero-order valence-corrected chi connectivity index (χ0v) is 8.75. The molecule has 82 valence electrons. The molecule has 2 N–H and O–H groups in total. The summed E-state index contributed by atoms with van der Waals surface area (Å²) in [7, 11) is 0.0604. The van der Waals surface area contributed by atoms with Crippen molar-refractivity contribution in [3.8, 4) is 5.75 Å². The first kappa shape index (κ1) is 12.0. The predicted molar refractivity (Wildman–Crippen MR) is 56.0 cm³/mol. The molecule has 5 nitrogen and oxygen atoms in total. The van der Waals surface area contributed by atoms with Gasteiger partial charge in [-0.15, -0.1) is 0 Å². The van der Waals surface area contributed by atoms with Crippen LogP contribution in [0.3, 0.4) is 0 Å². The van der Waals surface area contributed by atoms with Crippen LogP contribution in [0.5, 0.6) is 5.75 Å². The van der Waals surface area contributed by atoms with Crippen molar-refractivity contribution in [3.63, 3.8) is 0 Å². The predicted octanol–water partition coefficient (Wildman–Crippen LogP) is -0.825. The summed E-state index contributed by atoms with van der Waals surface area (Å²) >= 11 is 0. The van der Waals surface area contributed by atoms with E-state index < -0.39 is 7.12 Å². The molecule has 0 aliphatic heterocycles. The highest BCUT2D eigenvalue weighted by atomic mass is 16.5. The summed E-state index contributed by atoms with van der Waals surface area (Å²) in [4.78, 5) is 3.83. The van der Waals surface area contributed by atoms with Crippen molar-refractivity contribution in [2.75, 3.05) is 13.7 Å². The first-order valence-corrected chi connectivity index (χ1v) is 4.60. The Morgan fingerprint density at radius 2 is 2.20 bits per heavy atom. The van der Waals surface area contributed by atoms with E-state index in [9.17, 15) is 0 Å². The van der Waals surface area contributed by atoms with E-state index in [0.29, 0.717) is 17.8 Å². The lowest BCUT2D eigenvalue weighted by atomic mass is 9.82. The Bertz CT molecular complexity index is 308. The van der Waals surface area contributed by atoms with Gasteiger partial charge in [0.25, 0.3) is 0 Å². The molecular formula is C9H14BNO4. The van der Waals surface area contributed by atoms with Gasteiger partial charge in [0.1, 0.15) is 11.9 Å². The van der Waals surface area contributed by atoms with Gasteiger partial charge >= 0.3 is 7.12 Å². The van der Waals surface area contributed by atoms with Crippen LogP contribution in [0.2, 0.25) is 0 Å². The third-order valence-electron chi connectivity index (χ3n) is 1.77. The molecule has 1 heterocycles. The molecule has 0 saturated carbocycles. The second-order valence-corrected chi connectivity index (χ2v) is 3.21. The molecule has 6 heteroatoms. The molecule has 1 aromatic rings. The maximum atomic E-state index is 8.92. The molecule has 0 saturated heterocycles. The zero-order valence-electron chi connectivity index (χ0n) is 8.75. The topological polar surface area (TPSA) is 71.8 Å². The summed E-state index contributed by atoms with van der Waals surface area (Å²) in [5.41, 5.74) is 0.303. The summed E-state index contributed by atoms with van der Waals surface area (Å²) in [6, 6.07) is 1.53. The maximum Gasteiger partial charge on any atom is 0.490 e. The van der Waals surface area contributed by atoms with Gasteiger partial charge in [-0.2, -0.15) is 0 Å². The number of pyridine rings is 1. The lowest BCUT2D eigenvalue weighted by Gasteiger charge is -2.13. The average molecular weight is 211 g/mol. The highest BCUT2D eigenvalue weighted by Crippen LogP contribution is 2.08. The van der Waals surface area contributed by atoms with Crippen LogP contribution in [0.15, 0.2) is 18.5 Å². The fourth-order valence-corrected chi connectivity index (χ4v) is 1.14. The number of hydrogen-bond donors (Lipinski definition) is 2. The Labute approximate surface area is 88.8 Å². The van der Waals surface area contributed by atoms with Crippen LogP contribution in [0.4, 0.5) is 0 Å². The van der Waals surface area contributed by atoms with Crippen LogP contribution >= 0.6 is 0 Å². The molecule has 1 rings (SSSR count). The third kappa shape index (κ3) is 3.87. The van der Waals surface area contributed by atoms with Crippen molar-refractivity contribution >= 4 is 12.6 Å². The van der Waals surface area contributed by atoms with Crippen molar-refractivity contribution in [1.82, 2.24) is 4.98 Å². The van der Waals surface area contributed by atoms with Crippen molar-refractivity contribution in [1.29, 1.82) is 0 Å². The molecule has 0 amide bonds. The molecule has 0 unspecified atom stereocenters. The molecule has 0 aliphatic carbocycles. The second-order valence-electron chi connectivity index (χ2n) is 3.21. The van der Waals surface area contributed by atoms with Gasteiger partial charge in [-0.3, -0.25) is 4.98 Å². The lowest BCUT2D eigenvalue weighted by Crippen LogP contribution is -2.30. The number of ether oxygens (including phenoxy) is 2. The SMILES string of the molecule is COC[C@H](C)Oc1cncc(B(O)O)c1. The van der Waals surface area contributed by atoms with E-state index >= 15 is 0 Å². The smallest absolute Gasteiger partial charge is 0.487 e. The lowest BCUT2D eigenvalue weighted by molar-refractivity contribution is 0.0919. The molecule has 0 aromatic carbocycles. The minimum Gasteiger partial charge on any atom is -0.487 e. The molecule has 0 bridgehead atoms. The molecule has 1 atom stereocenters. The molecule has 0 aliphatic rings. The van der Waals surface area contributed by atoms with Gasteiger partial charge in [0, 0.05) is 18.8 Å². The Kier molecular flexibility index (Phi) is 4.55. The van der Waals surface area contributed by atoms with Gasteiger partial charge in [-0.05, 0) is 13.0 Å². The quantitative estimate of drug-likeness (QED) is 0.622. The normalized spacial score (nSPS) is 12.3. The third-order valence-corrected chi connectivity index (χ3v) is 1.77. The molecule has 0 radical (unpaired) electrons. The Hall–Kier alpha value is -1.11. The van der Waals surface area contributed by atoms with Gasteiger partial charge in [0.15, 0.2) is 0 Å². The van der Waals surface area contributed by atoms with Gasteiger partial charge in [0.05, 0.1) is 12.8 Å². The number of hydrogen-bond acceptors (Lipinski definition) is 5. The molecule has 15 heavy (non-hydrogen) atoms. The van der Waals surface area contributed by atoms with Gasteiger partial charge in [-0.1, -0.05) is 0 Å². The Balaban J connectivity index is 2.65. The van der Waals surface area contributed by atoms with Crippen LogP contribution in [0.25, 0.3) is 0 Å². The van der Waals surface area contributed by atoms with E-state index in [2.05, 4.69) is 4.98 Å². The number of rotatable bonds is 5. The largest absolute Gasteiger partial charge is 0.490 e. The molecule has 0 fully saturated rings. The van der Waals surface area contributed by atoms with E-state index in [1.165, 1.54) is 18.5 Å². The van der Waals surface area contributed by atoms with Crippen LogP contribution in [0.1, 0.15) is 6.92 Å². The van der Waals surface area contributed by atoms with Crippen molar-refractivity contribution in [2.45, 2.75) is 13.0 Å². The molecule has 0 spiro atoms. The summed E-state index contributed by atoms with van der Waals surface area (Å²) in [5.74, 6) is 0.491. The van der Waals surface area contributed by atoms with E-state index in [0.717, 1.165) is 0 Å². The van der Waals surface area contributed by atoms with E-state index in [4.69, 9.17) is 19.5 Å². The highest BCUT2D eigenvalue weighted by Gasteiger charge is 2.12. The average Bonchev–Trinajstić information content (AvgIpc) is 2.18. The minimum absolute atomic E-state index is 0.108. The van der Waals surface area contributed by atoms with E-state index in [-0.39, 0.29) is 6.10 Å². The highest BCUT2D eigenvalue weighted by molar-refractivity contribution is 6.58. The van der Waals surface area contributed by atoms with Crippen LogP contribution in [0, 0.1) is 0 Å². The fourth-order valence-electron chi connectivity index (χ4n) is 1.14. The van der Waals surface area contributed by atoms with Crippen molar-refractivity contribution in [2.24, 2.45) is 0 Å². The Morgan fingerprint density at radius 3 is 2.80 bits per heavy atom. The van der Waals surface area contributed by atoms with Crippen molar-refractivity contribution in [3.05, 3.63) is 18.5 Å². The number of methoxy groups -OCH3 is 1. The number of nitrogens with zero attached hydrogens (tertiary/aromatic N) is 1.